The van der Waals surface area contributed by atoms with Crippen molar-refractivity contribution in [3.05, 3.63) is 30.1 Å². The summed E-state index contributed by atoms with van der Waals surface area (Å²) in [5, 5.41) is 3.67. The molecule has 9 heteroatoms. The second kappa shape index (κ2) is 8.89. The summed E-state index contributed by atoms with van der Waals surface area (Å²) < 4.78 is 28.5. The number of carbonyl (C=O) groups excluding carboxylic acids is 1. The van der Waals surface area contributed by atoms with Crippen LogP contribution in [0.1, 0.15) is 45.3 Å². The fraction of sp³-hybridized carbons (Fsp3) is 0.556. The molecule has 2 aromatic rings. The summed E-state index contributed by atoms with van der Waals surface area (Å²) >= 11 is 0. The van der Waals surface area contributed by atoms with Crippen LogP contribution in [0.25, 0.3) is 11.0 Å². The maximum absolute atomic E-state index is 12.0. The van der Waals surface area contributed by atoms with Crippen molar-refractivity contribution in [2.24, 2.45) is 0 Å². The minimum absolute atomic E-state index is 0.0364. The van der Waals surface area contributed by atoms with E-state index in [1.807, 2.05) is 18.3 Å². The van der Waals surface area contributed by atoms with Gasteiger partial charge in [-0.3, -0.25) is 4.79 Å². The summed E-state index contributed by atoms with van der Waals surface area (Å²) in [5.41, 5.74) is 1.93. The zero-order valence-corrected chi connectivity index (χ0v) is 16.6. The van der Waals surface area contributed by atoms with Crippen LogP contribution in [0, 0.1) is 0 Å². The van der Waals surface area contributed by atoms with Gasteiger partial charge in [-0.05, 0) is 55.9 Å². The summed E-state index contributed by atoms with van der Waals surface area (Å²) in [5.74, 6) is -0.456. The zero-order chi connectivity index (χ0) is 19.4. The number of H-pyrrole nitrogens is 1. The third kappa shape index (κ3) is 5.11. The van der Waals surface area contributed by atoms with E-state index in [9.17, 15) is 9.36 Å². The summed E-state index contributed by atoms with van der Waals surface area (Å²) in [7, 11) is -2.18. The lowest BCUT2D eigenvalue weighted by Gasteiger charge is -2.13. The molecule has 146 valence electrons. The van der Waals surface area contributed by atoms with E-state index in [-0.39, 0.29) is 24.9 Å². The molecule has 1 fully saturated rings. The number of aromatic amines is 1. The molecule has 0 spiro atoms. The van der Waals surface area contributed by atoms with Gasteiger partial charge in [-0.15, -0.1) is 4.52 Å². The molecule has 8 nitrogen and oxygen atoms in total. The van der Waals surface area contributed by atoms with E-state index in [4.69, 9.17) is 14.0 Å². The molecule has 0 saturated carbocycles. The van der Waals surface area contributed by atoms with E-state index in [2.05, 4.69) is 15.1 Å². The van der Waals surface area contributed by atoms with Gasteiger partial charge < -0.3 is 14.5 Å². The van der Waals surface area contributed by atoms with Gasteiger partial charge in [0.1, 0.15) is 18.3 Å². The molecule has 27 heavy (non-hydrogen) atoms. The Hall–Kier alpha value is -1.86. The van der Waals surface area contributed by atoms with E-state index in [1.165, 1.54) is 0 Å². The van der Waals surface area contributed by atoms with Crippen molar-refractivity contribution in [1.29, 1.82) is 0 Å². The predicted octanol–water partition coefficient (Wildman–Crippen LogP) is 3.39. The Bertz CT molecular complexity index is 809. The number of hydrogen-bond donors (Lipinski definition) is 2. The number of carbonyl (C=O) groups is 1. The van der Waals surface area contributed by atoms with Crippen LogP contribution in [0.4, 0.5) is 0 Å². The summed E-state index contributed by atoms with van der Waals surface area (Å²) in [6.45, 7) is 5.32. The van der Waals surface area contributed by atoms with Gasteiger partial charge in [0.25, 0.3) is 0 Å². The molecule has 2 aromatic heterocycles. The molecule has 3 rings (SSSR count). The molecule has 0 aromatic carbocycles. The first-order chi connectivity index (χ1) is 12.9. The van der Waals surface area contributed by atoms with Gasteiger partial charge in [-0.1, -0.05) is 5.09 Å². The molecule has 3 heterocycles. The largest absolute Gasteiger partial charge is 0.613 e. The first-order valence-corrected chi connectivity index (χ1v) is 10.3. The van der Waals surface area contributed by atoms with E-state index in [1.54, 1.807) is 27.0 Å². The van der Waals surface area contributed by atoms with Crippen molar-refractivity contribution in [3.8, 4) is 0 Å². The smallest absolute Gasteiger partial charge is 0.462 e. The van der Waals surface area contributed by atoms with Crippen LogP contribution in [0.3, 0.4) is 0 Å². The first-order valence-electron chi connectivity index (χ1n) is 9.08. The summed E-state index contributed by atoms with van der Waals surface area (Å²) in [6.07, 6.45) is 4.90. The molecule has 3 unspecified atom stereocenters. The lowest BCUT2D eigenvalue weighted by atomic mass is 10.0. The molecule has 4 atom stereocenters. The standard InChI is InChI=1S/C18H25N3O5P/c1-11(2)25-18(22)12(3)21-27(23)24-10-13-4-5-16(26-13)14-6-8-19-17-15(14)7-9-20-17/h6-9,11-13,16H,4-5,10H2,1-3H3,(H,19,20)(H,21,23)/q+1/t12-,13?,16?/m1/s1. The highest BCUT2D eigenvalue weighted by Crippen LogP contribution is 2.36. The number of ether oxygens (including phenoxy) is 2. The maximum atomic E-state index is 12.0. The van der Waals surface area contributed by atoms with Crippen molar-refractivity contribution in [2.75, 3.05) is 6.61 Å². The lowest BCUT2D eigenvalue weighted by molar-refractivity contribution is -0.149. The van der Waals surface area contributed by atoms with Crippen LogP contribution in [0.5, 0.6) is 0 Å². The Morgan fingerprint density at radius 3 is 3.00 bits per heavy atom. The monoisotopic (exact) mass is 394 g/mol. The molecule has 0 aliphatic carbocycles. The van der Waals surface area contributed by atoms with E-state index in [0.29, 0.717) is 0 Å². The normalized spacial score (nSPS) is 21.6. The number of pyridine rings is 1. The second-order valence-electron chi connectivity index (χ2n) is 6.85. The zero-order valence-electron chi connectivity index (χ0n) is 15.7. The number of fused-ring (bicyclic) bond motifs is 1. The predicted molar refractivity (Wildman–Crippen MR) is 100 cm³/mol. The SMILES string of the molecule is CC(C)OC(=O)[C@@H](C)N[P+](=O)OCC1CCC(c2ccnc3[nH]ccc23)O1. The summed E-state index contributed by atoms with van der Waals surface area (Å²) in [4.78, 5) is 19.1. The molecule has 1 saturated heterocycles. The maximum Gasteiger partial charge on any atom is 0.613 e. The van der Waals surface area contributed by atoms with Gasteiger partial charge in [-0.25, -0.2) is 4.98 Å². The topological polar surface area (TPSA) is 103 Å². The van der Waals surface area contributed by atoms with Crippen LogP contribution in [0.2, 0.25) is 0 Å². The Balaban J connectivity index is 1.47. The number of hydrogen-bond acceptors (Lipinski definition) is 6. The highest BCUT2D eigenvalue weighted by atomic mass is 31.1. The number of aromatic nitrogens is 2. The average molecular weight is 394 g/mol. The number of nitrogens with one attached hydrogen (secondary N) is 2. The lowest BCUT2D eigenvalue weighted by Crippen LogP contribution is -2.33. The third-order valence-corrected chi connectivity index (χ3v) is 5.31. The molecule has 0 amide bonds. The van der Waals surface area contributed by atoms with Crippen molar-refractivity contribution in [2.45, 2.75) is 58.0 Å². The van der Waals surface area contributed by atoms with Gasteiger partial charge >= 0.3 is 14.1 Å². The van der Waals surface area contributed by atoms with Crippen LogP contribution in [-0.2, 0) is 23.4 Å². The van der Waals surface area contributed by atoms with Crippen LogP contribution < -0.4 is 5.09 Å². The quantitative estimate of drug-likeness (QED) is 0.523. The van der Waals surface area contributed by atoms with Gasteiger partial charge in [-0.2, -0.15) is 0 Å². The second-order valence-corrected chi connectivity index (χ2v) is 7.88. The fourth-order valence-corrected chi connectivity index (χ4v) is 3.85. The Morgan fingerprint density at radius 1 is 1.41 bits per heavy atom. The Morgan fingerprint density at radius 2 is 2.22 bits per heavy atom. The molecular formula is C18H25N3O5P+. The van der Waals surface area contributed by atoms with Crippen molar-refractivity contribution in [3.63, 3.8) is 0 Å². The van der Waals surface area contributed by atoms with Crippen molar-refractivity contribution < 1.29 is 23.4 Å². The van der Waals surface area contributed by atoms with Gasteiger partial charge in [0.05, 0.1) is 18.3 Å². The van der Waals surface area contributed by atoms with Crippen LogP contribution >= 0.6 is 8.18 Å². The average Bonchev–Trinajstić information content (AvgIpc) is 3.28. The fourth-order valence-electron chi connectivity index (χ4n) is 3.05. The number of rotatable bonds is 8. The van der Waals surface area contributed by atoms with Crippen molar-refractivity contribution in [1.82, 2.24) is 15.1 Å². The van der Waals surface area contributed by atoms with E-state index >= 15 is 0 Å². The minimum atomic E-state index is -2.18. The van der Waals surface area contributed by atoms with Gasteiger partial charge in [0, 0.05) is 17.8 Å². The molecule has 0 radical (unpaired) electrons. The third-order valence-electron chi connectivity index (χ3n) is 4.33. The molecular weight excluding hydrogens is 369 g/mol. The molecule has 2 N–H and O–H groups in total. The first kappa shape index (κ1) is 19.9. The molecule has 1 aliphatic heterocycles. The van der Waals surface area contributed by atoms with Gasteiger partial charge in [0.15, 0.2) is 0 Å². The summed E-state index contributed by atoms with van der Waals surface area (Å²) in [6, 6.07) is 3.25. The van der Waals surface area contributed by atoms with Crippen LogP contribution in [-0.4, -0.2) is 40.8 Å². The Kier molecular flexibility index (Phi) is 6.55. The molecule has 0 bridgehead atoms. The van der Waals surface area contributed by atoms with E-state index in [0.717, 1.165) is 29.4 Å². The highest BCUT2D eigenvalue weighted by Gasteiger charge is 2.33. The van der Waals surface area contributed by atoms with Crippen LogP contribution in [0.15, 0.2) is 24.5 Å². The molecule has 1 aliphatic rings. The minimum Gasteiger partial charge on any atom is -0.462 e. The highest BCUT2D eigenvalue weighted by molar-refractivity contribution is 7.36. The Labute approximate surface area is 158 Å². The van der Waals surface area contributed by atoms with E-state index < -0.39 is 20.2 Å². The number of nitrogens with zero attached hydrogens (tertiary/aromatic N) is 1. The van der Waals surface area contributed by atoms with Gasteiger partial charge in [0.2, 0.25) is 0 Å². The van der Waals surface area contributed by atoms with Crippen molar-refractivity contribution >= 4 is 25.2 Å². The number of esters is 1.